The third kappa shape index (κ3) is 9.43. The predicted octanol–water partition coefficient (Wildman–Crippen LogP) is 8.82. The van der Waals surface area contributed by atoms with Gasteiger partial charge in [0.2, 0.25) is 0 Å². The minimum absolute atomic E-state index is 0.354. The van der Waals surface area contributed by atoms with Crippen LogP contribution in [0, 0.1) is 24.7 Å². The number of aryl methyl sites for hydroxylation is 4. The molecule has 0 atom stereocenters. The number of rotatable bonds is 10. The molecular formula is C31H48O2. The van der Waals surface area contributed by atoms with E-state index >= 15 is 0 Å². The number of hydrogen-bond acceptors (Lipinski definition) is 2. The van der Waals surface area contributed by atoms with Crippen molar-refractivity contribution in [3.63, 3.8) is 0 Å². The summed E-state index contributed by atoms with van der Waals surface area (Å²) in [6, 6.07) is 8.37. The van der Waals surface area contributed by atoms with Gasteiger partial charge in [-0.1, -0.05) is 89.8 Å². The van der Waals surface area contributed by atoms with Crippen LogP contribution in [0.1, 0.15) is 113 Å². The molecule has 33 heavy (non-hydrogen) atoms. The lowest BCUT2D eigenvalue weighted by Crippen LogP contribution is -2.04. The molecule has 0 aliphatic rings. The molecule has 0 aliphatic heterocycles. The molecule has 2 aromatic carbocycles. The van der Waals surface area contributed by atoms with Crippen LogP contribution >= 0.6 is 0 Å². The first-order chi connectivity index (χ1) is 15.2. The van der Waals surface area contributed by atoms with Gasteiger partial charge in [-0.25, -0.2) is 0 Å². The molecule has 0 heterocycles. The Labute approximate surface area is 203 Å². The summed E-state index contributed by atoms with van der Waals surface area (Å²) < 4.78 is 0. The molecule has 0 fully saturated rings. The quantitative estimate of drug-likeness (QED) is 0.353. The van der Waals surface area contributed by atoms with Gasteiger partial charge in [-0.05, 0) is 85.5 Å². The van der Waals surface area contributed by atoms with Crippen molar-refractivity contribution >= 4 is 0 Å². The summed E-state index contributed by atoms with van der Waals surface area (Å²) in [6.07, 6.45) is 9.26. The van der Waals surface area contributed by atoms with Crippen molar-refractivity contribution < 1.29 is 10.2 Å². The number of aromatic hydroxyl groups is 2. The monoisotopic (exact) mass is 452 g/mol. The van der Waals surface area contributed by atoms with Crippen molar-refractivity contribution in [3.05, 3.63) is 57.6 Å². The van der Waals surface area contributed by atoms with Crippen LogP contribution in [0.3, 0.4) is 0 Å². The van der Waals surface area contributed by atoms with Gasteiger partial charge < -0.3 is 10.2 Å². The van der Waals surface area contributed by atoms with Gasteiger partial charge >= 0.3 is 0 Å². The maximum absolute atomic E-state index is 11.0. The standard InChI is InChI=1S/C31H48O2/c1-22-17-24(13-9-11-15-30(3,4)5)28(32)26(19-22)21-27-20-23(2)18-25(29(27)33)14-10-12-16-31(6,7)8/h17-20,32-33H,9-16,21H2,1-8H3. The first-order valence-corrected chi connectivity index (χ1v) is 12.9. The normalized spacial score (nSPS) is 12.4. The molecule has 0 aromatic heterocycles. The lowest BCUT2D eigenvalue weighted by Gasteiger charge is -2.18. The van der Waals surface area contributed by atoms with Gasteiger partial charge in [0.1, 0.15) is 11.5 Å². The Kier molecular flexibility index (Phi) is 9.47. The molecule has 2 rings (SSSR count). The van der Waals surface area contributed by atoms with Crippen molar-refractivity contribution in [2.75, 3.05) is 0 Å². The Bertz CT molecular complexity index is 834. The van der Waals surface area contributed by atoms with E-state index in [-0.39, 0.29) is 0 Å². The van der Waals surface area contributed by atoms with Crippen molar-refractivity contribution in [2.24, 2.45) is 10.8 Å². The van der Waals surface area contributed by atoms with Crippen molar-refractivity contribution in [3.8, 4) is 11.5 Å². The van der Waals surface area contributed by atoms with Gasteiger partial charge in [0, 0.05) is 6.42 Å². The van der Waals surface area contributed by atoms with Gasteiger partial charge in [-0.15, -0.1) is 0 Å². The van der Waals surface area contributed by atoms with Crippen LogP contribution in [0.2, 0.25) is 0 Å². The Balaban J connectivity index is 2.14. The molecule has 0 amide bonds. The molecule has 2 aromatic rings. The number of hydrogen-bond donors (Lipinski definition) is 2. The van der Waals surface area contributed by atoms with Gasteiger partial charge in [0.25, 0.3) is 0 Å². The maximum Gasteiger partial charge on any atom is 0.122 e. The average Bonchev–Trinajstić information content (AvgIpc) is 2.67. The molecule has 2 nitrogen and oxygen atoms in total. The Morgan fingerprint density at radius 2 is 0.879 bits per heavy atom. The van der Waals surface area contributed by atoms with E-state index in [1.807, 2.05) is 0 Å². The Hall–Kier alpha value is -1.96. The predicted molar refractivity (Wildman–Crippen MR) is 143 cm³/mol. The molecule has 0 unspecified atom stereocenters. The summed E-state index contributed by atoms with van der Waals surface area (Å²) in [5, 5.41) is 22.1. The van der Waals surface area contributed by atoms with Crippen LogP contribution < -0.4 is 0 Å². The van der Waals surface area contributed by atoms with E-state index in [4.69, 9.17) is 0 Å². The lowest BCUT2D eigenvalue weighted by molar-refractivity contribution is 0.359. The second kappa shape index (κ2) is 11.4. The minimum atomic E-state index is 0.354. The van der Waals surface area contributed by atoms with Crippen molar-refractivity contribution in [1.29, 1.82) is 0 Å². The molecule has 0 radical (unpaired) electrons. The zero-order chi connectivity index (χ0) is 24.8. The maximum atomic E-state index is 11.0. The molecule has 2 heteroatoms. The van der Waals surface area contributed by atoms with Crippen LogP contribution in [0.15, 0.2) is 24.3 Å². The molecule has 0 spiro atoms. The summed E-state index contributed by atoms with van der Waals surface area (Å²) >= 11 is 0. The highest BCUT2D eigenvalue weighted by Crippen LogP contribution is 2.34. The van der Waals surface area contributed by atoms with Gasteiger partial charge in [-0.2, -0.15) is 0 Å². The molecule has 0 aliphatic carbocycles. The fraction of sp³-hybridized carbons (Fsp3) is 0.613. The Morgan fingerprint density at radius 1 is 0.545 bits per heavy atom. The van der Waals surface area contributed by atoms with E-state index in [1.165, 1.54) is 36.8 Å². The van der Waals surface area contributed by atoms with E-state index in [0.29, 0.717) is 28.7 Å². The van der Waals surface area contributed by atoms with Crippen molar-refractivity contribution in [1.82, 2.24) is 0 Å². The van der Waals surface area contributed by atoms with Crippen LogP contribution in [0.25, 0.3) is 0 Å². The number of phenols is 2. The van der Waals surface area contributed by atoms with E-state index in [2.05, 4.69) is 79.7 Å². The number of phenolic OH excluding ortho intramolecular Hbond substituents is 2. The summed E-state index contributed by atoms with van der Waals surface area (Å²) in [5.74, 6) is 0.813. The Morgan fingerprint density at radius 3 is 1.21 bits per heavy atom. The second-order valence-electron chi connectivity index (χ2n) is 12.6. The highest BCUT2D eigenvalue weighted by Gasteiger charge is 2.16. The third-order valence-electron chi connectivity index (χ3n) is 6.45. The van der Waals surface area contributed by atoms with E-state index in [1.54, 1.807) is 0 Å². The molecule has 184 valence electrons. The van der Waals surface area contributed by atoms with E-state index in [0.717, 1.165) is 47.9 Å². The second-order valence-corrected chi connectivity index (χ2v) is 12.6. The lowest BCUT2D eigenvalue weighted by atomic mass is 9.88. The first-order valence-electron chi connectivity index (χ1n) is 12.9. The largest absolute Gasteiger partial charge is 0.507 e. The average molecular weight is 453 g/mol. The molecule has 0 saturated carbocycles. The van der Waals surface area contributed by atoms with Crippen LogP contribution in [0.4, 0.5) is 0 Å². The zero-order valence-corrected chi connectivity index (χ0v) is 22.6. The van der Waals surface area contributed by atoms with Crippen LogP contribution in [-0.4, -0.2) is 10.2 Å². The SMILES string of the molecule is Cc1cc(CCCCC(C)(C)C)c(O)c(Cc2cc(C)cc(CCCCC(C)(C)C)c2O)c1. The number of unbranched alkanes of at least 4 members (excludes halogenated alkanes) is 2. The fourth-order valence-corrected chi connectivity index (χ4v) is 4.67. The smallest absolute Gasteiger partial charge is 0.122 e. The highest BCUT2D eigenvalue weighted by molar-refractivity contribution is 5.50. The molecular weight excluding hydrogens is 404 g/mol. The topological polar surface area (TPSA) is 40.5 Å². The van der Waals surface area contributed by atoms with Gasteiger partial charge in [0.05, 0.1) is 0 Å². The fourth-order valence-electron chi connectivity index (χ4n) is 4.67. The third-order valence-corrected chi connectivity index (χ3v) is 6.45. The summed E-state index contributed by atoms with van der Waals surface area (Å²) in [5.41, 5.74) is 6.95. The first kappa shape index (κ1) is 27.3. The summed E-state index contributed by atoms with van der Waals surface area (Å²) in [7, 11) is 0. The number of benzene rings is 2. The zero-order valence-electron chi connectivity index (χ0n) is 22.6. The van der Waals surface area contributed by atoms with Crippen LogP contribution in [-0.2, 0) is 19.3 Å². The summed E-state index contributed by atoms with van der Waals surface area (Å²) in [4.78, 5) is 0. The van der Waals surface area contributed by atoms with Gasteiger partial charge in [0.15, 0.2) is 0 Å². The minimum Gasteiger partial charge on any atom is -0.507 e. The van der Waals surface area contributed by atoms with Crippen molar-refractivity contribution in [2.45, 2.75) is 113 Å². The van der Waals surface area contributed by atoms with Gasteiger partial charge in [-0.3, -0.25) is 0 Å². The molecule has 0 saturated heterocycles. The molecule has 0 bridgehead atoms. The van der Waals surface area contributed by atoms with E-state index in [9.17, 15) is 10.2 Å². The van der Waals surface area contributed by atoms with Crippen LogP contribution in [0.5, 0.6) is 11.5 Å². The summed E-state index contributed by atoms with van der Waals surface area (Å²) in [6.45, 7) is 17.9. The highest BCUT2D eigenvalue weighted by atomic mass is 16.3. The molecule has 2 N–H and O–H groups in total. The van der Waals surface area contributed by atoms with E-state index < -0.39 is 0 Å².